The van der Waals surface area contributed by atoms with E-state index in [1.807, 2.05) is 32.9 Å². The lowest BCUT2D eigenvalue weighted by molar-refractivity contribution is 0.232. The van der Waals surface area contributed by atoms with Crippen molar-refractivity contribution < 1.29 is 4.74 Å². The fraction of sp³-hybridized carbons (Fsp3) is 0.538. The topological polar surface area (TPSA) is 47.0 Å². The molecule has 0 fully saturated rings. The van der Waals surface area contributed by atoms with Crippen LogP contribution in [0.15, 0.2) is 18.7 Å². The summed E-state index contributed by atoms with van der Waals surface area (Å²) in [4.78, 5) is 8.64. The third-order valence-corrected chi connectivity index (χ3v) is 2.08. The van der Waals surface area contributed by atoms with Gasteiger partial charge >= 0.3 is 0 Å². The Morgan fingerprint density at radius 3 is 2.71 bits per heavy atom. The summed E-state index contributed by atoms with van der Waals surface area (Å²) in [6.07, 6.45) is 2.86. The van der Waals surface area contributed by atoms with Gasteiger partial charge in [0.25, 0.3) is 0 Å². The molecule has 0 aliphatic rings. The van der Waals surface area contributed by atoms with Crippen LogP contribution < -0.4 is 10.1 Å². The number of hydrogen-bond donors (Lipinski definition) is 1. The molecule has 0 aliphatic heterocycles. The Labute approximate surface area is 103 Å². The van der Waals surface area contributed by atoms with Crippen molar-refractivity contribution in [3.63, 3.8) is 0 Å². The zero-order valence-corrected chi connectivity index (χ0v) is 11.0. The first-order valence-electron chi connectivity index (χ1n) is 5.91. The molecule has 1 heterocycles. The van der Waals surface area contributed by atoms with E-state index < -0.39 is 0 Å². The van der Waals surface area contributed by atoms with Gasteiger partial charge in [-0.2, -0.15) is 4.98 Å². The van der Waals surface area contributed by atoms with Crippen LogP contribution in [-0.4, -0.2) is 22.1 Å². The van der Waals surface area contributed by atoms with Gasteiger partial charge in [0.05, 0.1) is 6.10 Å². The highest BCUT2D eigenvalue weighted by atomic mass is 16.5. The lowest BCUT2D eigenvalue weighted by atomic mass is 10.2. The van der Waals surface area contributed by atoms with Gasteiger partial charge < -0.3 is 10.1 Å². The van der Waals surface area contributed by atoms with Gasteiger partial charge in [-0.3, -0.25) is 0 Å². The van der Waals surface area contributed by atoms with E-state index >= 15 is 0 Å². The molecule has 1 rings (SSSR count). The zero-order chi connectivity index (χ0) is 12.8. The quantitative estimate of drug-likeness (QED) is 0.770. The number of hydrogen-bond acceptors (Lipinski definition) is 4. The first-order valence-corrected chi connectivity index (χ1v) is 5.91. The molecule has 0 amide bonds. The molecule has 4 nitrogen and oxygen atoms in total. The monoisotopic (exact) mass is 235 g/mol. The van der Waals surface area contributed by atoms with Gasteiger partial charge in [-0.05, 0) is 34.1 Å². The maximum Gasteiger partial charge on any atom is 0.226 e. The van der Waals surface area contributed by atoms with Crippen LogP contribution >= 0.6 is 0 Å². The fourth-order valence-electron chi connectivity index (χ4n) is 1.44. The van der Waals surface area contributed by atoms with Crippen molar-refractivity contribution in [3.05, 3.63) is 24.4 Å². The summed E-state index contributed by atoms with van der Waals surface area (Å²) in [6, 6.07) is 2.10. The van der Waals surface area contributed by atoms with E-state index in [0.717, 1.165) is 12.1 Å². The molecule has 94 valence electrons. The molecule has 0 bridgehead atoms. The van der Waals surface area contributed by atoms with Crippen LogP contribution in [-0.2, 0) is 0 Å². The Balaban J connectivity index is 2.78. The second-order valence-corrected chi connectivity index (χ2v) is 4.41. The molecule has 1 aromatic heterocycles. The number of rotatable bonds is 6. The zero-order valence-electron chi connectivity index (χ0n) is 11.0. The molecule has 0 aromatic carbocycles. The number of aryl methyl sites for hydroxylation is 1. The molecule has 0 saturated carbocycles. The lowest BCUT2D eigenvalue weighted by Gasteiger charge is -2.14. The van der Waals surface area contributed by atoms with Crippen LogP contribution in [0.2, 0.25) is 0 Å². The molecule has 0 saturated heterocycles. The highest BCUT2D eigenvalue weighted by Crippen LogP contribution is 2.14. The average Bonchev–Trinajstić information content (AvgIpc) is 2.14. The van der Waals surface area contributed by atoms with E-state index in [9.17, 15) is 0 Å². The maximum atomic E-state index is 5.57. The highest BCUT2D eigenvalue weighted by Gasteiger charge is 2.07. The van der Waals surface area contributed by atoms with E-state index in [2.05, 4.69) is 28.8 Å². The van der Waals surface area contributed by atoms with Crippen molar-refractivity contribution in [2.75, 3.05) is 5.32 Å². The van der Waals surface area contributed by atoms with Gasteiger partial charge in [0.2, 0.25) is 11.8 Å². The molecule has 0 radical (unpaired) electrons. The van der Waals surface area contributed by atoms with E-state index in [0.29, 0.717) is 11.8 Å². The van der Waals surface area contributed by atoms with Crippen LogP contribution in [0.5, 0.6) is 5.88 Å². The van der Waals surface area contributed by atoms with Crippen LogP contribution in [0.25, 0.3) is 0 Å². The summed E-state index contributed by atoms with van der Waals surface area (Å²) in [7, 11) is 0. The lowest BCUT2D eigenvalue weighted by Crippen LogP contribution is -2.17. The number of nitrogens with one attached hydrogen (secondary N) is 1. The summed E-state index contributed by atoms with van der Waals surface area (Å²) >= 11 is 0. The molecular weight excluding hydrogens is 214 g/mol. The van der Waals surface area contributed by atoms with E-state index in [4.69, 9.17) is 4.74 Å². The Hall–Kier alpha value is -1.58. The Kier molecular flexibility index (Phi) is 4.94. The van der Waals surface area contributed by atoms with Crippen molar-refractivity contribution in [2.24, 2.45) is 0 Å². The number of anilines is 1. The van der Waals surface area contributed by atoms with Gasteiger partial charge in [0.1, 0.15) is 0 Å². The van der Waals surface area contributed by atoms with E-state index in [-0.39, 0.29) is 12.1 Å². The van der Waals surface area contributed by atoms with Crippen molar-refractivity contribution in [1.29, 1.82) is 0 Å². The minimum atomic E-state index is 0.114. The molecular formula is C13H21N3O. The van der Waals surface area contributed by atoms with Crippen molar-refractivity contribution >= 4 is 5.95 Å². The van der Waals surface area contributed by atoms with Gasteiger partial charge in [-0.25, -0.2) is 4.98 Å². The predicted molar refractivity (Wildman–Crippen MR) is 70.4 cm³/mol. The molecule has 0 aliphatic carbocycles. The minimum Gasteiger partial charge on any atom is -0.475 e. The molecule has 17 heavy (non-hydrogen) atoms. The molecule has 1 unspecified atom stereocenters. The summed E-state index contributed by atoms with van der Waals surface area (Å²) in [5.41, 5.74) is 0.893. The second-order valence-electron chi connectivity index (χ2n) is 4.41. The summed E-state index contributed by atoms with van der Waals surface area (Å²) < 4.78 is 5.57. The SMILES string of the molecule is C=CCC(C)Nc1nc(C)cc(OC(C)C)n1. The third kappa shape index (κ3) is 4.85. The Bertz CT molecular complexity index is 377. The van der Waals surface area contributed by atoms with Gasteiger partial charge in [0.15, 0.2) is 0 Å². The van der Waals surface area contributed by atoms with E-state index in [1.165, 1.54) is 0 Å². The second kappa shape index (κ2) is 6.23. The first-order chi connectivity index (χ1) is 8.01. The summed E-state index contributed by atoms with van der Waals surface area (Å²) in [5, 5.41) is 3.22. The standard InChI is InChI=1S/C13H21N3O/c1-6-7-10(4)14-13-15-11(5)8-12(16-13)17-9(2)3/h6,8-10H,1,7H2,2-5H3,(H,14,15,16). The average molecular weight is 235 g/mol. The van der Waals surface area contributed by atoms with Gasteiger partial charge in [-0.1, -0.05) is 6.08 Å². The number of nitrogens with zero attached hydrogens (tertiary/aromatic N) is 2. The smallest absolute Gasteiger partial charge is 0.226 e. The van der Waals surface area contributed by atoms with Gasteiger partial charge in [-0.15, -0.1) is 6.58 Å². The number of aromatic nitrogens is 2. The van der Waals surface area contributed by atoms with Crippen LogP contribution in [0.4, 0.5) is 5.95 Å². The molecule has 1 N–H and O–H groups in total. The third-order valence-electron chi connectivity index (χ3n) is 2.08. The van der Waals surface area contributed by atoms with Crippen LogP contribution in [0.3, 0.4) is 0 Å². The molecule has 4 heteroatoms. The minimum absolute atomic E-state index is 0.114. The van der Waals surface area contributed by atoms with E-state index in [1.54, 1.807) is 0 Å². The first kappa shape index (κ1) is 13.5. The van der Waals surface area contributed by atoms with Crippen molar-refractivity contribution in [3.8, 4) is 5.88 Å². The maximum absolute atomic E-state index is 5.57. The Morgan fingerprint density at radius 2 is 2.12 bits per heavy atom. The molecule has 1 atom stereocenters. The molecule has 1 aromatic rings. The summed E-state index contributed by atoms with van der Waals surface area (Å²) in [5.74, 6) is 1.22. The van der Waals surface area contributed by atoms with Gasteiger partial charge in [0, 0.05) is 17.8 Å². The normalized spacial score (nSPS) is 12.3. The number of ether oxygens (including phenoxy) is 1. The fourth-order valence-corrected chi connectivity index (χ4v) is 1.44. The molecule has 0 spiro atoms. The summed E-state index contributed by atoms with van der Waals surface area (Å²) in [6.45, 7) is 11.7. The highest BCUT2D eigenvalue weighted by molar-refractivity contribution is 5.31. The Morgan fingerprint density at radius 1 is 1.41 bits per heavy atom. The van der Waals surface area contributed by atoms with Crippen molar-refractivity contribution in [2.45, 2.75) is 46.3 Å². The van der Waals surface area contributed by atoms with Crippen LogP contribution in [0, 0.1) is 6.92 Å². The largest absolute Gasteiger partial charge is 0.475 e. The van der Waals surface area contributed by atoms with Crippen LogP contribution in [0.1, 0.15) is 32.9 Å². The predicted octanol–water partition coefficient (Wildman–Crippen LogP) is 2.95. The van der Waals surface area contributed by atoms with Crippen molar-refractivity contribution in [1.82, 2.24) is 9.97 Å².